The molecule has 0 radical (unpaired) electrons. The molecule has 3 rings (SSSR count). The maximum Gasteiger partial charge on any atom is 0.253 e. The number of amides is 1. The van der Waals surface area contributed by atoms with Gasteiger partial charge >= 0.3 is 0 Å². The first kappa shape index (κ1) is 16.2. The van der Waals surface area contributed by atoms with Crippen LogP contribution in [0.1, 0.15) is 47.5 Å². The highest BCUT2D eigenvalue weighted by Gasteiger charge is 2.22. The first-order valence-electron chi connectivity index (χ1n) is 7.54. The Morgan fingerprint density at radius 2 is 1.81 bits per heavy atom. The second-order valence-corrected chi connectivity index (χ2v) is 5.80. The van der Waals surface area contributed by atoms with Gasteiger partial charge in [0.25, 0.3) is 5.91 Å². The summed E-state index contributed by atoms with van der Waals surface area (Å²) in [6.45, 7) is 3.54. The van der Waals surface area contributed by atoms with Gasteiger partial charge in [-0.3, -0.25) is 4.79 Å². The summed E-state index contributed by atoms with van der Waals surface area (Å²) in [4.78, 5) is 14.2. The third kappa shape index (κ3) is 3.74. The number of hydrogen-bond donors (Lipinski definition) is 1. The molecule has 0 aliphatic carbocycles. The highest BCUT2D eigenvalue weighted by molar-refractivity contribution is 5.94. The lowest BCUT2D eigenvalue weighted by Crippen LogP contribution is -2.29. The van der Waals surface area contributed by atoms with Crippen molar-refractivity contribution in [3.8, 4) is 0 Å². The second-order valence-electron chi connectivity index (χ2n) is 5.80. The van der Waals surface area contributed by atoms with Gasteiger partial charge in [0, 0.05) is 18.7 Å². The quantitative estimate of drug-likeness (QED) is 0.910. The number of nitrogens with one attached hydrogen (secondary N) is 1. The van der Waals surface area contributed by atoms with Gasteiger partial charge in [0.2, 0.25) is 0 Å². The smallest absolute Gasteiger partial charge is 0.253 e. The van der Waals surface area contributed by atoms with E-state index in [1.807, 2.05) is 11.0 Å². The summed E-state index contributed by atoms with van der Waals surface area (Å²) in [6.07, 6.45) is 4.14. The van der Waals surface area contributed by atoms with Crippen LogP contribution in [0.15, 0.2) is 18.2 Å². The van der Waals surface area contributed by atoms with Gasteiger partial charge in [-0.1, -0.05) is 0 Å². The van der Waals surface area contributed by atoms with Gasteiger partial charge in [-0.05, 0) is 68.5 Å². The average molecular weight is 313 g/mol. The Morgan fingerprint density at radius 1 is 1.14 bits per heavy atom. The predicted octanol–water partition coefficient (Wildman–Crippen LogP) is 2.95. The van der Waals surface area contributed by atoms with E-state index in [0.29, 0.717) is 11.5 Å². The van der Waals surface area contributed by atoms with E-state index in [0.717, 1.165) is 57.4 Å². The molecule has 2 aliphatic rings. The van der Waals surface area contributed by atoms with Crippen LogP contribution in [-0.2, 0) is 0 Å². The molecule has 21 heavy (non-hydrogen) atoms. The number of piperidine rings is 1. The molecule has 1 N–H and O–H groups in total. The molecule has 2 heterocycles. The van der Waals surface area contributed by atoms with Crippen molar-refractivity contribution < 1.29 is 9.18 Å². The first-order chi connectivity index (χ1) is 9.74. The number of carbonyl (C=O) groups excluding carboxylic acids is 1. The fraction of sp³-hybridized carbons (Fsp3) is 0.562. The molecule has 0 spiro atoms. The fourth-order valence-electron chi connectivity index (χ4n) is 3.23. The van der Waals surface area contributed by atoms with Crippen LogP contribution in [-0.4, -0.2) is 37.0 Å². The van der Waals surface area contributed by atoms with E-state index in [4.69, 9.17) is 0 Å². The average Bonchev–Trinajstić information content (AvgIpc) is 3.01. The molecule has 0 saturated carbocycles. The van der Waals surface area contributed by atoms with Gasteiger partial charge in [0.05, 0.1) is 0 Å². The fourth-order valence-corrected chi connectivity index (χ4v) is 3.23. The zero-order chi connectivity index (χ0) is 13.9. The van der Waals surface area contributed by atoms with E-state index in [-0.39, 0.29) is 24.1 Å². The van der Waals surface area contributed by atoms with Crippen molar-refractivity contribution in [3.63, 3.8) is 0 Å². The maximum absolute atomic E-state index is 13.8. The third-order valence-electron chi connectivity index (χ3n) is 4.37. The first-order valence-corrected chi connectivity index (χ1v) is 7.54. The van der Waals surface area contributed by atoms with E-state index in [2.05, 4.69) is 5.32 Å². The predicted molar refractivity (Wildman–Crippen MR) is 83.6 cm³/mol. The molecule has 0 bridgehead atoms. The summed E-state index contributed by atoms with van der Waals surface area (Å²) in [6, 6.07) is 4.88. The minimum Gasteiger partial charge on any atom is -0.339 e. The number of carbonyl (C=O) groups is 1. The van der Waals surface area contributed by atoms with Crippen LogP contribution >= 0.6 is 12.4 Å². The molecule has 2 aliphatic heterocycles. The lowest BCUT2D eigenvalue weighted by atomic mass is 9.89. The molecule has 0 unspecified atom stereocenters. The number of hydrogen-bond acceptors (Lipinski definition) is 2. The number of rotatable bonds is 2. The van der Waals surface area contributed by atoms with Crippen molar-refractivity contribution in [2.75, 3.05) is 26.2 Å². The van der Waals surface area contributed by atoms with Gasteiger partial charge in [0.1, 0.15) is 5.82 Å². The van der Waals surface area contributed by atoms with Crippen LogP contribution in [0.4, 0.5) is 4.39 Å². The summed E-state index contributed by atoms with van der Waals surface area (Å²) in [5, 5.41) is 3.31. The Hall–Kier alpha value is -1.13. The molecule has 1 aromatic rings. The zero-order valence-corrected chi connectivity index (χ0v) is 12.9. The molecule has 2 saturated heterocycles. The summed E-state index contributed by atoms with van der Waals surface area (Å²) < 4.78 is 13.8. The molecular formula is C16H22ClFN2O. The molecule has 2 fully saturated rings. The summed E-state index contributed by atoms with van der Waals surface area (Å²) in [7, 11) is 0. The van der Waals surface area contributed by atoms with Crippen molar-refractivity contribution in [2.45, 2.75) is 31.6 Å². The van der Waals surface area contributed by atoms with E-state index >= 15 is 0 Å². The van der Waals surface area contributed by atoms with Crippen molar-refractivity contribution in [3.05, 3.63) is 35.1 Å². The molecule has 1 aromatic carbocycles. The molecule has 0 atom stereocenters. The summed E-state index contributed by atoms with van der Waals surface area (Å²) >= 11 is 0. The van der Waals surface area contributed by atoms with Gasteiger partial charge in [-0.25, -0.2) is 4.39 Å². The van der Waals surface area contributed by atoms with E-state index < -0.39 is 0 Å². The molecule has 3 nitrogen and oxygen atoms in total. The molecule has 0 aromatic heterocycles. The molecule has 1 amide bonds. The van der Waals surface area contributed by atoms with Gasteiger partial charge < -0.3 is 10.2 Å². The highest BCUT2D eigenvalue weighted by Crippen LogP contribution is 2.27. The molecule has 5 heteroatoms. The van der Waals surface area contributed by atoms with Crippen LogP contribution in [0.25, 0.3) is 0 Å². The Balaban J connectivity index is 0.00000161. The van der Waals surface area contributed by atoms with Crippen molar-refractivity contribution in [1.29, 1.82) is 0 Å². The number of halogens is 2. The minimum absolute atomic E-state index is 0. The number of likely N-dealkylation sites (tertiary alicyclic amines) is 1. The van der Waals surface area contributed by atoms with E-state index in [1.165, 1.54) is 6.07 Å². The Labute approximate surface area is 131 Å². The highest BCUT2D eigenvalue weighted by atomic mass is 35.5. The Kier molecular flexibility index (Phi) is 5.59. The lowest BCUT2D eigenvalue weighted by Gasteiger charge is -2.24. The molecular weight excluding hydrogens is 291 g/mol. The molecule has 116 valence electrons. The number of nitrogens with zero attached hydrogens (tertiary/aromatic N) is 1. The van der Waals surface area contributed by atoms with Gasteiger partial charge in [-0.15, -0.1) is 12.4 Å². The van der Waals surface area contributed by atoms with Gasteiger partial charge in [0.15, 0.2) is 0 Å². The zero-order valence-electron chi connectivity index (χ0n) is 12.1. The standard InChI is InChI=1S/C16H21FN2O.ClH/c17-15-10-13(12-3-5-18-6-4-12)9-14(11-15)16(20)19-7-1-2-8-19;/h9-12,18H,1-8H2;1H. The monoisotopic (exact) mass is 312 g/mol. The van der Waals surface area contributed by atoms with Gasteiger partial charge in [-0.2, -0.15) is 0 Å². The van der Waals surface area contributed by atoms with Crippen molar-refractivity contribution in [2.24, 2.45) is 0 Å². The topological polar surface area (TPSA) is 32.3 Å². The second kappa shape index (κ2) is 7.23. The van der Waals surface area contributed by atoms with Crippen molar-refractivity contribution in [1.82, 2.24) is 10.2 Å². The van der Waals surface area contributed by atoms with Crippen LogP contribution in [0.5, 0.6) is 0 Å². The van der Waals surface area contributed by atoms with E-state index in [1.54, 1.807) is 6.07 Å². The summed E-state index contributed by atoms with van der Waals surface area (Å²) in [5.74, 6) is 0.0674. The third-order valence-corrected chi connectivity index (χ3v) is 4.37. The van der Waals surface area contributed by atoms with Crippen LogP contribution < -0.4 is 5.32 Å². The van der Waals surface area contributed by atoms with Crippen LogP contribution in [0.2, 0.25) is 0 Å². The van der Waals surface area contributed by atoms with Crippen molar-refractivity contribution >= 4 is 18.3 Å². The number of benzene rings is 1. The Morgan fingerprint density at radius 3 is 2.48 bits per heavy atom. The summed E-state index contributed by atoms with van der Waals surface area (Å²) in [5.41, 5.74) is 1.49. The van der Waals surface area contributed by atoms with Crippen LogP contribution in [0.3, 0.4) is 0 Å². The normalized spacial score (nSPS) is 19.4. The van der Waals surface area contributed by atoms with E-state index in [9.17, 15) is 9.18 Å². The SMILES string of the molecule is Cl.O=C(c1cc(F)cc(C2CCNCC2)c1)N1CCCC1. The largest absolute Gasteiger partial charge is 0.339 e. The maximum atomic E-state index is 13.8. The minimum atomic E-state index is -0.288. The van der Waals surface area contributed by atoms with Crippen LogP contribution in [0, 0.1) is 5.82 Å². The Bertz CT molecular complexity index is 497. The lowest BCUT2D eigenvalue weighted by molar-refractivity contribution is 0.0792.